The lowest BCUT2D eigenvalue weighted by atomic mass is 10.0. The zero-order valence-corrected chi connectivity index (χ0v) is 11.5. The van der Waals surface area contributed by atoms with E-state index in [4.69, 9.17) is 9.47 Å². The smallest absolute Gasteiger partial charge is 0.124 e. The molecule has 0 amide bonds. The number of para-hydroxylation sites is 1. The van der Waals surface area contributed by atoms with Crippen LogP contribution in [0, 0.1) is 5.92 Å². The van der Waals surface area contributed by atoms with Crippen molar-refractivity contribution in [2.24, 2.45) is 5.92 Å². The van der Waals surface area contributed by atoms with E-state index < -0.39 is 0 Å². The summed E-state index contributed by atoms with van der Waals surface area (Å²) in [4.78, 5) is 0. The number of ether oxygens (including phenoxy) is 2. The Kier molecular flexibility index (Phi) is 4.61. The summed E-state index contributed by atoms with van der Waals surface area (Å²) in [6.07, 6.45) is 1.16. The zero-order chi connectivity index (χ0) is 13.0. The average Bonchev–Trinajstić information content (AvgIpc) is 2.64. The van der Waals surface area contributed by atoms with E-state index in [2.05, 4.69) is 25.2 Å². The van der Waals surface area contributed by atoms with Crippen molar-refractivity contribution >= 4 is 0 Å². The molecule has 0 aliphatic carbocycles. The third kappa shape index (κ3) is 3.03. The van der Waals surface area contributed by atoms with Gasteiger partial charge in [0.15, 0.2) is 0 Å². The summed E-state index contributed by atoms with van der Waals surface area (Å²) in [5.74, 6) is 1.55. The fourth-order valence-electron chi connectivity index (χ4n) is 2.46. The van der Waals surface area contributed by atoms with Crippen LogP contribution in [0.5, 0.6) is 5.75 Å². The molecule has 1 aromatic carbocycles. The minimum Gasteiger partial charge on any atom is -0.496 e. The first-order valence-corrected chi connectivity index (χ1v) is 6.70. The van der Waals surface area contributed by atoms with E-state index in [1.165, 1.54) is 0 Å². The standard InChI is InChI=1S/C15H23NO2/c1-11(2)13-8-9-18-15(10-16-13)12-6-4-5-7-14(12)17-3/h4-7,11,13,15-16H,8-10H2,1-3H3. The van der Waals surface area contributed by atoms with Gasteiger partial charge in [-0.3, -0.25) is 0 Å². The van der Waals surface area contributed by atoms with E-state index >= 15 is 0 Å². The highest BCUT2D eigenvalue weighted by molar-refractivity contribution is 5.35. The molecule has 1 aliphatic rings. The van der Waals surface area contributed by atoms with Gasteiger partial charge in [-0.15, -0.1) is 0 Å². The second-order valence-electron chi connectivity index (χ2n) is 5.15. The molecule has 1 aromatic rings. The number of hydrogen-bond donors (Lipinski definition) is 1. The van der Waals surface area contributed by atoms with Crippen molar-refractivity contribution in [1.29, 1.82) is 0 Å². The average molecular weight is 249 g/mol. The second-order valence-corrected chi connectivity index (χ2v) is 5.15. The minimum absolute atomic E-state index is 0.0879. The van der Waals surface area contributed by atoms with Crippen molar-refractivity contribution < 1.29 is 9.47 Å². The summed E-state index contributed by atoms with van der Waals surface area (Å²) in [5.41, 5.74) is 1.14. The normalized spacial score (nSPS) is 24.9. The Bertz CT molecular complexity index is 379. The van der Waals surface area contributed by atoms with Crippen LogP contribution >= 0.6 is 0 Å². The lowest BCUT2D eigenvalue weighted by Gasteiger charge is -2.20. The van der Waals surface area contributed by atoms with Crippen LogP contribution in [-0.4, -0.2) is 26.3 Å². The van der Waals surface area contributed by atoms with Crippen molar-refractivity contribution in [3.05, 3.63) is 29.8 Å². The van der Waals surface area contributed by atoms with Crippen LogP contribution in [0.2, 0.25) is 0 Å². The van der Waals surface area contributed by atoms with Crippen LogP contribution in [0.4, 0.5) is 0 Å². The molecule has 0 saturated carbocycles. The summed E-state index contributed by atoms with van der Waals surface area (Å²) in [7, 11) is 1.71. The summed E-state index contributed by atoms with van der Waals surface area (Å²) in [5, 5.41) is 3.60. The van der Waals surface area contributed by atoms with Gasteiger partial charge in [0, 0.05) is 24.8 Å². The van der Waals surface area contributed by atoms with Crippen LogP contribution in [0.1, 0.15) is 31.9 Å². The van der Waals surface area contributed by atoms with Crippen molar-refractivity contribution in [2.45, 2.75) is 32.4 Å². The molecule has 18 heavy (non-hydrogen) atoms. The monoisotopic (exact) mass is 249 g/mol. The molecule has 100 valence electrons. The van der Waals surface area contributed by atoms with Gasteiger partial charge in [0.2, 0.25) is 0 Å². The van der Waals surface area contributed by atoms with E-state index in [9.17, 15) is 0 Å². The Hall–Kier alpha value is -1.06. The van der Waals surface area contributed by atoms with Crippen molar-refractivity contribution in [2.75, 3.05) is 20.3 Å². The van der Waals surface area contributed by atoms with Gasteiger partial charge in [0.25, 0.3) is 0 Å². The molecule has 0 spiro atoms. The van der Waals surface area contributed by atoms with Crippen LogP contribution < -0.4 is 10.1 Å². The predicted octanol–water partition coefficient (Wildman–Crippen LogP) is 2.77. The minimum atomic E-state index is 0.0879. The molecule has 1 aliphatic heterocycles. The van der Waals surface area contributed by atoms with Gasteiger partial charge in [-0.2, -0.15) is 0 Å². The number of hydrogen-bond acceptors (Lipinski definition) is 3. The lowest BCUT2D eigenvalue weighted by Crippen LogP contribution is -2.34. The fraction of sp³-hybridized carbons (Fsp3) is 0.600. The van der Waals surface area contributed by atoms with E-state index in [0.29, 0.717) is 12.0 Å². The first-order valence-electron chi connectivity index (χ1n) is 6.70. The summed E-state index contributed by atoms with van der Waals surface area (Å²) in [6.45, 7) is 6.16. The molecule has 2 atom stereocenters. The highest BCUT2D eigenvalue weighted by Gasteiger charge is 2.23. The first-order chi connectivity index (χ1) is 8.72. The summed E-state index contributed by atoms with van der Waals surface area (Å²) in [6, 6.07) is 8.64. The molecule has 0 bridgehead atoms. The van der Waals surface area contributed by atoms with Crippen LogP contribution in [0.3, 0.4) is 0 Å². The second kappa shape index (κ2) is 6.21. The molecule has 2 unspecified atom stereocenters. The number of nitrogens with one attached hydrogen (secondary N) is 1. The Morgan fingerprint density at radius 3 is 2.83 bits per heavy atom. The molecule has 3 heteroatoms. The topological polar surface area (TPSA) is 30.5 Å². The molecular weight excluding hydrogens is 226 g/mol. The number of benzene rings is 1. The third-order valence-electron chi connectivity index (χ3n) is 3.60. The van der Waals surface area contributed by atoms with Crippen molar-refractivity contribution in [1.82, 2.24) is 5.32 Å². The third-order valence-corrected chi connectivity index (χ3v) is 3.60. The van der Waals surface area contributed by atoms with Gasteiger partial charge in [0.1, 0.15) is 5.75 Å². The van der Waals surface area contributed by atoms with Gasteiger partial charge in [-0.1, -0.05) is 32.0 Å². The molecule has 2 rings (SSSR count). The molecule has 1 saturated heterocycles. The fourth-order valence-corrected chi connectivity index (χ4v) is 2.46. The molecular formula is C15H23NO2. The first kappa shape index (κ1) is 13.4. The quantitative estimate of drug-likeness (QED) is 0.893. The molecule has 0 aromatic heterocycles. The van der Waals surface area contributed by atoms with Gasteiger partial charge >= 0.3 is 0 Å². The molecule has 1 fully saturated rings. The number of methoxy groups -OCH3 is 1. The molecule has 0 radical (unpaired) electrons. The maximum Gasteiger partial charge on any atom is 0.124 e. The Morgan fingerprint density at radius 1 is 1.33 bits per heavy atom. The molecule has 3 nitrogen and oxygen atoms in total. The molecule has 1 heterocycles. The van der Waals surface area contributed by atoms with E-state index in [1.54, 1.807) is 7.11 Å². The van der Waals surface area contributed by atoms with Gasteiger partial charge in [-0.05, 0) is 18.4 Å². The number of rotatable bonds is 3. The van der Waals surface area contributed by atoms with Crippen molar-refractivity contribution in [3.63, 3.8) is 0 Å². The highest BCUT2D eigenvalue weighted by Crippen LogP contribution is 2.28. The Labute approximate surface area is 109 Å². The van der Waals surface area contributed by atoms with Crippen LogP contribution in [0.25, 0.3) is 0 Å². The van der Waals surface area contributed by atoms with Gasteiger partial charge < -0.3 is 14.8 Å². The maximum atomic E-state index is 5.97. The van der Waals surface area contributed by atoms with E-state index in [0.717, 1.165) is 30.9 Å². The van der Waals surface area contributed by atoms with Crippen LogP contribution in [-0.2, 0) is 4.74 Å². The Balaban J connectivity index is 2.10. The highest BCUT2D eigenvalue weighted by atomic mass is 16.5. The SMILES string of the molecule is COc1ccccc1C1CNC(C(C)C)CCO1. The lowest BCUT2D eigenvalue weighted by molar-refractivity contribution is 0.0643. The van der Waals surface area contributed by atoms with E-state index in [1.807, 2.05) is 18.2 Å². The maximum absolute atomic E-state index is 5.97. The van der Waals surface area contributed by atoms with Gasteiger partial charge in [0.05, 0.1) is 13.2 Å². The zero-order valence-electron chi connectivity index (χ0n) is 11.5. The Morgan fingerprint density at radius 2 is 2.11 bits per heavy atom. The summed E-state index contributed by atoms with van der Waals surface area (Å²) >= 11 is 0. The summed E-state index contributed by atoms with van der Waals surface area (Å²) < 4.78 is 11.4. The predicted molar refractivity (Wildman–Crippen MR) is 72.9 cm³/mol. The van der Waals surface area contributed by atoms with E-state index in [-0.39, 0.29) is 6.10 Å². The largest absolute Gasteiger partial charge is 0.496 e. The molecule has 1 N–H and O–H groups in total. The van der Waals surface area contributed by atoms with Crippen LogP contribution in [0.15, 0.2) is 24.3 Å². The van der Waals surface area contributed by atoms with Crippen molar-refractivity contribution in [3.8, 4) is 5.75 Å². The van der Waals surface area contributed by atoms with Gasteiger partial charge in [-0.25, -0.2) is 0 Å².